The molecule has 0 fully saturated rings. The van der Waals surface area contributed by atoms with Gasteiger partial charge in [-0.15, -0.1) is 0 Å². The topological polar surface area (TPSA) is 87.2 Å². The van der Waals surface area contributed by atoms with E-state index in [1.54, 1.807) is 36.4 Å². The van der Waals surface area contributed by atoms with Gasteiger partial charge in [0.05, 0.1) is 11.9 Å². The smallest absolute Gasteiger partial charge is 0.301 e. The molecule has 0 saturated carbocycles. The van der Waals surface area contributed by atoms with Gasteiger partial charge in [-0.05, 0) is 12.1 Å². The number of hydrogen-bond donors (Lipinski definition) is 2. The number of benzene rings is 2. The van der Waals surface area contributed by atoms with Gasteiger partial charge in [-0.2, -0.15) is 10.1 Å². The zero-order chi connectivity index (χ0) is 17.6. The van der Waals surface area contributed by atoms with Crippen molar-refractivity contribution in [3.05, 3.63) is 88.2 Å². The third kappa shape index (κ3) is 4.03. The molecule has 124 valence electrons. The summed E-state index contributed by atoms with van der Waals surface area (Å²) in [6.45, 7) is 0. The van der Waals surface area contributed by atoms with E-state index in [-0.39, 0.29) is 11.3 Å². The van der Waals surface area contributed by atoms with Crippen LogP contribution in [-0.4, -0.2) is 22.1 Å². The van der Waals surface area contributed by atoms with Gasteiger partial charge in [0, 0.05) is 11.1 Å². The molecule has 7 heteroatoms. The summed E-state index contributed by atoms with van der Waals surface area (Å²) < 4.78 is 13.5. The van der Waals surface area contributed by atoms with E-state index in [4.69, 9.17) is 0 Å². The van der Waals surface area contributed by atoms with Crippen LogP contribution in [0.3, 0.4) is 0 Å². The Kier molecular flexibility index (Phi) is 4.75. The Morgan fingerprint density at radius 3 is 2.60 bits per heavy atom. The molecule has 0 saturated heterocycles. The summed E-state index contributed by atoms with van der Waals surface area (Å²) in [6.07, 6.45) is 1.19. The summed E-state index contributed by atoms with van der Waals surface area (Å²) in [4.78, 5) is 30.0. The van der Waals surface area contributed by atoms with Crippen LogP contribution in [0, 0.1) is 5.82 Å². The fourth-order valence-electron chi connectivity index (χ4n) is 2.14. The molecule has 0 aliphatic heterocycles. The highest BCUT2D eigenvalue weighted by Gasteiger charge is 2.10. The lowest BCUT2D eigenvalue weighted by molar-refractivity contribution is 0.0949. The minimum atomic E-state index is -0.649. The summed E-state index contributed by atoms with van der Waals surface area (Å²) >= 11 is 0. The third-order valence-electron chi connectivity index (χ3n) is 3.33. The fraction of sp³-hybridized carbons (Fsp3) is 0. The average Bonchev–Trinajstić information content (AvgIpc) is 2.63. The van der Waals surface area contributed by atoms with Gasteiger partial charge in [0.15, 0.2) is 0 Å². The van der Waals surface area contributed by atoms with E-state index < -0.39 is 17.4 Å². The Labute approximate surface area is 142 Å². The second-order valence-electron chi connectivity index (χ2n) is 5.07. The molecular formula is C18H13FN4O2. The number of nitrogens with zero attached hydrogens (tertiary/aromatic N) is 2. The van der Waals surface area contributed by atoms with Crippen molar-refractivity contribution in [1.29, 1.82) is 0 Å². The SMILES string of the molecule is O=C(N/N=C/c1ccccc1F)c1cc(-c2ccccc2)nc(=O)[nH]1. The van der Waals surface area contributed by atoms with Gasteiger partial charge in [-0.3, -0.25) is 4.79 Å². The molecule has 2 aromatic carbocycles. The highest BCUT2D eigenvalue weighted by Crippen LogP contribution is 2.15. The van der Waals surface area contributed by atoms with Crippen LogP contribution < -0.4 is 11.1 Å². The Morgan fingerprint density at radius 1 is 1.12 bits per heavy atom. The summed E-state index contributed by atoms with van der Waals surface area (Å²) in [7, 11) is 0. The largest absolute Gasteiger partial charge is 0.346 e. The van der Waals surface area contributed by atoms with Gasteiger partial charge >= 0.3 is 5.69 Å². The van der Waals surface area contributed by atoms with Gasteiger partial charge in [-0.25, -0.2) is 14.6 Å². The van der Waals surface area contributed by atoms with E-state index in [1.165, 1.54) is 24.4 Å². The van der Waals surface area contributed by atoms with Crippen LogP contribution in [0.4, 0.5) is 4.39 Å². The number of hydrazone groups is 1. The van der Waals surface area contributed by atoms with Crippen LogP contribution in [0.15, 0.2) is 70.6 Å². The summed E-state index contributed by atoms with van der Waals surface area (Å²) in [5.74, 6) is -1.09. The summed E-state index contributed by atoms with van der Waals surface area (Å²) in [5.41, 5.74) is 2.91. The molecule has 25 heavy (non-hydrogen) atoms. The van der Waals surface area contributed by atoms with Crippen LogP contribution in [0.5, 0.6) is 0 Å². The molecule has 0 radical (unpaired) electrons. The summed E-state index contributed by atoms with van der Waals surface area (Å²) in [6, 6.07) is 16.5. The molecule has 1 heterocycles. The van der Waals surface area contributed by atoms with Crippen LogP contribution in [0.1, 0.15) is 16.1 Å². The maximum absolute atomic E-state index is 13.5. The lowest BCUT2D eigenvalue weighted by Crippen LogP contribution is -2.24. The number of rotatable bonds is 4. The van der Waals surface area contributed by atoms with Gasteiger partial charge in [-0.1, -0.05) is 48.5 Å². The lowest BCUT2D eigenvalue weighted by Gasteiger charge is -2.03. The molecule has 0 atom stereocenters. The molecule has 6 nitrogen and oxygen atoms in total. The first-order chi connectivity index (χ1) is 12.1. The highest BCUT2D eigenvalue weighted by molar-refractivity contribution is 5.93. The van der Waals surface area contributed by atoms with Crippen molar-refractivity contribution in [1.82, 2.24) is 15.4 Å². The number of carbonyl (C=O) groups excluding carboxylic acids is 1. The first kappa shape index (κ1) is 16.3. The number of aromatic amines is 1. The Hall–Kier alpha value is -3.61. The molecular weight excluding hydrogens is 323 g/mol. The molecule has 0 aliphatic carbocycles. The van der Waals surface area contributed by atoms with Crippen LogP contribution in [-0.2, 0) is 0 Å². The number of halogens is 1. The summed E-state index contributed by atoms with van der Waals surface area (Å²) in [5, 5.41) is 3.70. The quantitative estimate of drug-likeness (QED) is 0.566. The third-order valence-corrected chi connectivity index (χ3v) is 3.33. The van der Waals surface area contributed by atoms with E-state index in [0.717, 1.165) is 0 Å². The monoisotopic (exact) mass is 336 g/mol. The van der Waals surface area contributed by atoms with E-state index in [2.05, 4.69) is 20.5 Å². The Bertz CT molecular complexity index is 984. The number of nitrogens with one attached hydrogen (secondary N) is 2. The van der Waals surface area contributed by atoms with Gasteiger partial charge in [0.25, 0.3) is 5.91 Å². The molecule has 3 aromatic rings. The van der Waals surface area contributed by atoms with Gasteiger partial charge in [0.2, 0.25) is 0 Å². The lowest BCUT2D eigenvalue weighted by atomic mass is 10.1. The number of hydrogen-bond acceptors (Lipinski definition) is 4. The number of H-pyrrole nitrogens is 1. The molecule has 1 aromatic heterocycles. The second kappa shape index (κ2) is 7.31. The second-order valence-corrected chi connectivity index (χ2v) is 5.07. The van der Waals surface area contributed by atoms with Crippen molar-refractivity contribution in [2.75, 3.05) is 0 Å². The van der Waals surface area contributed by atoms with Gasteiger partial charge in [0.1, 0.15) is 11.5 Å². The maximum atomic E-state index is 13.5. The van der Waals surface area contributed by atoms with Crippen LogP contribution in [0.25, 0.3) is 11.3 Å². The first-order valence-corrected chi connectivity index (χ1v) is 7.38. The van der Waals surface area contributed by atoms with Crippen molar-refractivity contribution in [3.63, 3.8) is 0 Å². The zero-order valence-corrected chi connectivity index (χ0v) is 12.9. The number of carbonyl (C=O) groups is 1. The van der Waals surface area contributed by atoms with E-state index >= 15 is 0 Å². The average molecular weight is 336 g/mol. The fourth-order valence-corrected chi connectivity index (χ4v) is 2.14. The van der Waals surface area contributed by atoms with Crippen molar-refractivity contribution in [2.45, 2.75) is 0 Å². The predicted molar refractivity (Wildman–Crippen MR) is 91.8 cm³/mol. The van der Waals surface area contributed by atoms with Crippen molar-refractivity contribution in [3.8, 4) is 11.3 Å². The van der Waals surface area contributed by atoms with Crippen LogP contribution >= 0.6 is 0 Å². The zero-order valence-electron chi connectivity index (χ0n) is 12.9. The molecule has 3 rings (SSSR count). The van der Waals surface area contributed by atoms with Crippen molar-refractivity contribution >= 4 is 12.1 Å². The Morgan fingerprint density at radius 2 is 1.84 bits per heavy atom. The highest BCUT2D eigenvalue weighted by atomic mass is 19.1. The van der Waals surface area contributed by atoms with Crippen LogP contribution in [0.2, 0.25) is 0 Å². The first-order valence-electron chi connectivity index (χ1n) is 7.38. The minimum absolute atomic E-state index is 0.00420. The number of aromatic nitrogens is 2. The molecule has 2 N–H and O–H groups in total. The van der Waals surface area contributed by atoms with E-state index in [0.29, 0.717) is 11.3 Å². The van der Waals surface area contributed by atoms with E-state index in [1.807, 2.05) is 6.07 Å². The molecule has 0 spiro atoms. The molecule has 0 unspecified atom stereocenters. The van der Waals surface area contributed by atoms with Crippen molar-refractivity contribution < 1.29 is 9.18 Å². The van der Waals surface area contributed by atoms with Gasteiger partial charge < -0.3 is 4.98 Å². The Balaban J connectivity index is 1.80. The number of amides is 1. The standard InChI is InChI=1S/C18H13FN4O2/c19-14-9-5-4-8-13(14)11-20-23-17(24)16-10-15(21-18(25)22-16)12-6-2-1-3-7-12/h1-11H,(H,23,24)(H,21,22,25)/b20-11+. The predicted octanol–water partition coefficient (Wildman–Crippen LogP) is 2.34. The molecule has 0 bridgehead atoms. The minimum Gasteiger partial charge on any atom is -0.301 e. The molecule has 1 amide bonds. The van der Waals surface area contributed by atoms with Crippen molar-refractivity contribution in [2.24, 2.45) is 5.10 Å². The normalized spacial score (nSPS) is 10.8. The van der Waals surface area contributed by atoms with E-state index in [9.17, 15) is 14.0 Å². The maximum Gasteiger partial charge on any atom is 0.346 e. The molecule has 0 aliphatic rings.